The monoisotopic (exact) mass is 837 g/mol. The highest BCUT2D eigenvalue weighted by Crippen LogP contribution is 2.46. The van der Waals surface area contributed by atoms with Gasteiger partial charge in [-0.3, -0.25) is 14.4 Å². The van der Waals surface area contributed by atoms with Crippen LogP contribution in [0.15, 0.2) is 131 Å². The Morgan fingerprint density at radius 2 is 1.39 bits per heavy atom. The molecule has 0 fully saturated rings. The molecule has 0 spiro atoms. The van der Waals surface area contributed by atoms with Gasteiger partial charge in [0.15, 0.2) is 0 Å². The van der Waals surface area contributed by atoms with Crippen LogP contribution >= 0.6 is 0 Å². The molecular weight excluding hydrogens is 807 g/mol. The van der Waals surface area contributed by atoms with Crippen LogP contribution in [0.2, 0.25) is 0 Å². The molecule has 9 aromatic rings. The summed E-state index contributed by atoms with van der Waals surface area (Å²) in [5.74, 6) is 0.830. The normalized spacial score (nSPS) is 14.7. The molecule has 1 N–H and O–H groups in total. The van der Waals surface area contributed by atoms with Gasteiger partial charge in [-0.15, -0.1) is 0 Å². The molecule has 0 saturated carbocycles. The summed E-state index contributed by atoms with van der Waals surface area (Å²) in [4.78, 5) is 12.3. The quantitative estimate of drug-likeness (QED) is 0.0553. The van der Waals surface area contributed by atoms with Crippen LogP contribution in [0, 0.1) is 19.5 Å². The molecule has 0 aliphatic carbocycles. The summed E-state index contributed by atoms with van der Waals surface area (Å²) in [5, 5.41) is 12.0. The van der Waals surface area contributed by atoms with Gasteiger partial charge in [0.2, 0.25) is 5.88 Å². The highest BCUT2D eigenvalue weighted by Gasteiger charge is 2.35. The minimum Gasteiger partial charge on any atom is -0.366 e. The summed E-state index contributed by atoms with van der Waals surface area (Å²) in [5.41, 5.74) is 5.77. The lowest BCUT2D eigenvalue weighted by atomic mass is 9.84. The van der Waals surface area contributed by atoms with E-state index in [0.29, 0.717) is 27.4 Å². The maximum Gasteiger partial charge on any atom is 0.446 e. The molecule has 0 amide bonds. The lowest BCUT2D eigenvalue weighted by Gasteiger charge is -2.35. The fourth-order valence-electron chi connectivity index (χ4n) is 9.46. The van der Waals surface area contributed by atoms with E-state index in [4.69, 9.17) is 29.0 Å². The molecule has 2 aliphatic rings. The van der Waals surface area contributed by atoms with Gasteiger partial charge in [0, 0.05) is 48.8 Å². The number of hydrogen-bond acceptors (Lipinski definition) is 9. The van der Waals surface area contributed by atoms with Crippen LogP contribution in [0.3, 0.4) is 0 Å². The summed E-state index contributed by atoms with van der Waals surface area (Å²) in [6.45, 7) is 5.52. The second kappa shape index (κ2) is 13.4. The van der Waals surface area contributed by atoms with Gasteiger partial charge in [0.25, 0.3) is 0 Å². The molecule has 9 aromatic carbocycles. The van der Waals surface area contributed by atoms with Crippen molar-refractivity contribution in [3.63, 3.8) is 0 Å². The highest BCUT2D eigenvalue weighted by molar-refractivity contribution is 7.81. The number of nitrogens with zero attached hydrogens (tertiary/aromatic N) is 3. The number of fused-ring (bicyclic) bond motifs is 6. The molecule has 0 bridgehead atoms. The van der Waals surface area contributed by atoms with E-state index in [1.807, 2.05) is 109 Å². The Balaban J connectivity index is 1.26. The van der Waals surface area contributed by atoms with E-state index < -0.39 is 21.8 Å². The van der Waals surface area contributed by atoms with Crippen LogP contribution in [0.4, 0.5) is 17.1 Å². The number of anilines is 1. The zero-order valence-electron chi connectivity index (χ0n) is 32.7. The van der Waals surface area contributed by atoms with Gasteiger partial charge in [-0.25, -0.2) is 4.99 Å². The predicted octanol–water partition coefficient (Wildman–Crippen LogP) is 9.62. The third-order valence-corrected chi connectivity index (χ3v) is 12.7. The molecule has 1 unspecified atom stereocenters. The van der Waals surface area contributed by atoms with Crippen molar-refractivity contribution in [2.75, 3.05) is 4.90 Å². The van der Waals surface area contributed by atoms with Crippen LogP contribution < -0.4 is 15.3 Å². The third kappa shape index (κ3) is 5.52. The van der Waals surface area contributed by atoms with Crippen molar-refractivity contribution < 1.29 is 29.7 Å². The summed E-state index contributed by atoms with van der Waals surface area (Å²) >= 11 is -2.35. The Hall–Kier alpha value is -7.30. The smallest absolute Gasteiger partial charge is 0.366 e. The van der Waals surface area contributed by atoms with Crippen molar-refractivity contribution in [2.24, 2.45) is 9.98 Å². The van der Waals surface area contributed by atoms with Gasteiger partial charge >= 0.3 is 21.8 Å². The van der Waals surface area contributed by atoms with E-state index in [-0.39, 0.29) is 11.6 Å². The zero-order chi connectivity index (χ0) is 41.9. The van der Waals surface area contributed by atoms with E-state index in [2.05, 4.69) is 37.3 Å². The van der Waals surface area contributed by atoms with Crippen molar-refractivity contribution in [3.05, 3.63) is 148 Å². The van der Waals surface area contributed by atoms with Crippen LogP contribution in [0.5, 0.6) is 0 Å². The number of terminal acetylenes is 1. The van der Waals surface area contributed by atoms with Crippen molar-refractivity contribution in [2.45, 2.75) is 20.8 Å². The lowest BCUT2D eigenvalue weighted by Crippen LogP contribution is -2.40. The molecule has 2 heterocycles. The third-order valence-electron chi connectivity index (χ3n) is 11.8. The number of amidine groups is 1. The SMILES string of the molecule is C#COS(=O)OC1=c2ccc3c4ccc(/C(C)=N/c5cccc6cccc(C)c56)c5/c(=C(\C)OS(=O)(=O)O)ccc(c6ccc(c2c36)C2=Nc3cccc6cccc(c36)N21)c54. The minimum atomic E-state index is -4.85. The lowest BCUT2D eigenvalue weighted by molar-refractivity contribution is 0.366. The van der Waals surface area contributed by atoms with Crippen LogP contribution in [-0.4, -0.2) is 28.7 Å². The van der Waals surface area contributed by atoms with Gasteiger partial charge in [-0.05, 0) is 99.8 Å². The number of aliphatic imine (C=N–C) groups is 2. The molecule has 296 valence electrons. The number of aryl methyl sites for hydroxylation is 1. The van der Waals surface area contributed by atoms with E-state index in [1.165, 1.54) is 6.92 Å². The fraction of sp³-hybridized carbons (Fsp3) is 0.0612. The Morgan fingerprint density at radius 3 is 2.13 bits per heavy atom. The predicted molar refractivity (Wildman–Crippen MR) is 244 cm³/mol. The largest absolute Gasteiger partial charge is 0.446 e. The molecule has 0 radical (unpaired) electrons. The van der Waals surface area contributed by atoms with E-state index in [0.717, 1.165) is 93.0 Å². The van der Waals surface area contributed by atoms with Crippen molar-refractivity contribution in [1.29, 1.82) is 0 Å². The summed E-state index contributed by atoms with van der Waals surface area (Å²) < 4.78 is 63.6. The van der Waals surface area contributed by atoms with Gasteiger partial charge in [0.05, 0.1) is 17.1 Å². The summed E-state index contributed by atoms with van der Waals surface area (Å²) in [6, 6.07) is 40.0. The topological polar surface area (TPSA) is 127 Å². The zero-order valence-corrected chi connectivity index (χ0v) is 34.3. The van der Waals surface area contributed by atoms with Gasteiger partial charge < -0.3 is 12.5 Å². The molecule has 0 saturated heterocycles. The van der Waals surface area contributed by atoms with Gasteiger partial charge in [0.1, 0.15) is 17.7 Å². The Kier molecular flexibility index (Phi) is 8.05. The van der Waals surface area contributed by atoms with E-state index >= 15 is 0 Å². The average Bonchev–Trinajstić information content (AvgIpc) is 3.24. The van der Waals surface area contributed by atoms with Crippen LogP contribution in [0.25, 0.3) is 76.3 Å². The Morgan fingerprint density at radius 1 is 0.754 bits per heavy atom. The first-order valence-corrected chi connectivity index (χ1v) is 21.6. The van der Waals surface area contributed by atoms with Crippen molar-refractivity contribution in [3.8, 4) is 12.5 Å². The molecular formula is C49H31N3O7S2. The second-order valence-electron chi connectivity index (χ2n) is 15.1. The molecule has 12 heteroatoms. The number of hydrogen-bond donors (Lipinski definition) is 1. The van der Waals surface area contributed by atoms with Crippen molar-refractivity contribution >= 4 is 127 Å². The second-order valence-corrected chi connectivity index (χ2v) is 16.8. The minimum absolute atomic E-state index is 0.00146. The van der Waals surface area contributed by atoms with Crippen LogP contribution in [-0.2, 0) is 34.3 Å². The molecule has 10 nitrogen and oxygen atoms in total. The molecule has 2 aliphatic heterocycles. The van der Waals surface area contributed by atoms with Crippen molar-refractivity contribution in [1.82, 2.24) is 0 Å². The molecule has 0 aromatic heterocycles. The molecule has 11 rings (SSSR count). The summed E-state index contributed by atoms with van der Waals surface area (Å²) in [6.07, 6.45) is 7.37. The van der Waals surface area contributed by atoms with E-state index in [9.17, 15) is 17.2 Å². The maximum atomic E-state index is 13.2. The van der Waals surface area contributed by atoms with Crippen LogP contribution in [0.1, 0.15) is 30.5 Å². The number of rotatable bonds is 7. The summed E-state index contributed by atoms with van der Waals surface area (Å²) in [7, 11) is -4.85. The first-order valence-electron chi connectivity index (χ1n) is 19.3. The standard InChI is InChI=1S/C49H31N3O7S2/c1-5-57-60(53)58-49-38-25-23-36-33-20-18-31(27(3)50-39-15-7-12-29-11-6-10-26(2)42(29)39)44-32(28(4)59-61(54,55)56)19-21-34(45(33)44)35-22-24-37(47(38)46(35)36)48-51-40-16-8-13-30-14-9-17-41(43(30)40)52(48)49/h1,6-25H,2-4H3,(H,54,55,56)/b32-28+,50-27+. The average molecular weight is 838 g/mol. The first-order chi connectivity index (χ1) is 29.5. The Bertz CT molecular complexity index is 3820. The number of benzene rings is 9. The van der Waals surface area contributed by atoms with Gasteiger partial charge in [-0.1, -0.05) is 97.4 Å². The highest BCUT2D eigenvalue weighted by atomic mass is 32.3. The fourth-order valence-corrected chi connectivity index (χ4v) is 10.3. The first kappa shape index (κ1) is 36.8. The Labute approximate surface area is 351 Å². The van der Waals surface area contributed by atoms with E-state index in [1.54, 1.807) is 0 Å². The molecule has 1 atom stereocenters. The maximum absolute atomic E-state index is 13.2. The molecule has 61 heavy (non-hydrogen) atoms. The van der Waals surface area contributed by atoms with Gasteiger partial charge in [-0.2, -0.15) is 12.6 Å².